The van der Waals surface area contributed by atoms with Gasteiger partial charge in [0.1, 0.15) is 10.7 Å². The molecule has 114 valence electrons. The molecule has 0 bridgehead atoms. The number of carbonyl (C=O) groups is 1. The van der Waals surface area contributed by atoms with Crippen LogP contribution in [0.25, 0.3) is 6.08 Å². The van der Waals surface area contributed by atoms with E-state index in [-0.39, 0.29) is 17.8 Å². The molecule has 0 aromatic carbocycles. The van der Waals surface area contributed by atoms with Gasteiger partial charge in [0.2, 0.25) is 5.91 Å². The number of hydrogen-bond donors (Lipinski definition) is 0. The number of fused-ring (bicyclic) bond motifs is 1. The lowest BCUT2D eigenvalue weighted by Gasteiger charge is -2.32. The Morgan fingerprint density at radius 1 is 1.50 bits per heavy atom. The Morgan fingerprint density at radius 3 is 3.05 bits per heavy atom. The number of amides is 1. The Kier molecular flexibility index (Phi) is 3.81. The largest absolute Gasteiger partial charge is 0.433 e. The molecule has 0 saturated carbocycles. The molecule has 22 heavy (non-hydrogen) atoms. The maximum absolute atomic E-state index is 12.3. The molecule has 2 aromatic heterocycles. The zero-order valence-corrected chi connectivity index (χ0v) is 12.7. The molecule has 7 heteroatoms. The summed E-state index contributed by atoms with van der Waals surface area (Å²) in [6.45, 7) is 2.68. The predicted octanol–water partition coefficient (Wildman–Crippen LogP) is 3.41. The lowest BCUT2D eigenvalue weighted by atomic mass is 10.0. The summed E-state index contributed by atoms with van der Waals surface area (Å²) in [5.41, 5.74) is 1.20. The zero-order chi connectivity index (χ0) is 15.7. The molecule has 0 spiro atoms. The number of thiophene rings is 1. The van der Waals surface area contributed by atoms with Crippen LogP contribution in [0.15, 0.2) is 34.1 Å². The SMILES string of the molecule is C[C@@H]1c2ccsc2CCN1C(=O)/C=C/c1ccc([N+](=O)[O-])o1. The second-order valence-corrected chi connectivity index (χ2v) is 6.02. The molecule has 6 nitrogen and oxygen atoms in total. The summed E-state index contributed by atoms with van der Waals surface area (Å²) in [5.74, 6) is -0.161. The number of hydrogen-bond acceptors (Lipinski definition) is 5. The van der Waals surface area contributed by atoms with Crippen molar-refractivity contribution in [3.63, 3.8) is 0 Å². The molecule has 2 aromatic rings. The first-order valence-electron chi connectivity index (χ1n) is 6.85. The number of nitro groups is 1. The van der Waals surface area contributed by atoms with Crippen molar-refractivity contribution in [3.8, 4) is 0 Å². The van der Waals surface area contributed by atoms with E-state index >= 15 is 0 Å². The van der Waals surface area contributed by atoms with Crippen LogP contribution in [0.4, 0.5) is 5.88 Å². The van der Waals surface area contributed by atoms with Crippen molar-refractivity contribution in [3.05, 3.63) is 56.0 Å². The molecule has 1 aliphatic heterocycles. The predicted molar refractivity (Wildman–Crippen MR) is 82.5 cm³/mol. The van der Waals surface area contributed by atoms with Gasteiger partial charge in [-0.1, -0.05) is 0 Å². The lowest BCUT2D eigenvalue weighted by molar-refractivity contribution is -0.402. The molecule has 0 saturated heterocycles. The number of carbonyl (C=O) groups excluding carboxylic acids is 1. The van der Waals surface area contributed by atoms with Crippen molar-refractivity contribution in [2.75, 3.05) is 6.54 Å². The van der Waals surface area contributed by atoms with Crippen LogP contribution in [0.5, 0.6) is 0 Å². The van der Waals surface area contributed by atoms with Gasteiger partial charge in [0.25, 0.3) is 0 Å². The summed E-state index contributed by atoms with van der Waals surface area (Å²) in [4.78, 5) is 25.4. The van der Waals surface area contributed by atoms with E-state index in [9.17, 15) is 14.9 Å². The van der Waals surface area contributed by atoms with Gasteiger partial charge >= 0.3 is 5.88 Å². The zero-order valence-electron chi connectivity index (χ0n) is 11.9. The van der Waals surface area contributed by atoms with E-state index in [0.29, 0.717) is 12.3 Å². The maximum atomic E-state index is 12.3. The van der Waals surface area contributed by atoms with E-state index in [0.717, 1.165) is 6.42 Å². The molecule has 3 heterocycles. The molecule has 0 radical (unpaired) electrons. The molecule has 0 unspecified atom stereocenters. The minimum atomic E-state index is -0.607. The van der Waals surface area contributed by atoms with Gasteiger partial charge in [-0.2, -0.15) is 0 Å². The van der Waals surface area contributed by atoms with Crippen molar-refractivity contribution in [1.29, 1.82) is 0 Å². The molecule has 0 fully saturated rings. The fraction of sp³-hybridized carbons (Fsp3) is 0.267. The average molecular weight is 318 g/mol. The summed E-state index contributed by atoms with van der Waals surface area (Å²) < 4.78 is 5.00. The highest BCUT2D eigenvalue weighted by atomic mass is 32.1. The summed E-state index contributed by atoms with van der Waals surface area (Å²) in [6, 6.07) is 4.84. The van der Waals surface area contributed by atoms with Crippen molar-refractivity contribution >= 4 is 29.2 Å². The third kappa shape index (κ3) is 2.67. The monoisotopic (exact) mass is 318 g/mol. The van der Waals surface area contributed by atoms with Gasteiger partial charge in [-0.25, -0.2) is 0 Å². The minimum absolute atomic E-state index is 0.0399. The lowest BCUT2D eigenvalue weighted by Crippen LogP contribution is -2.37. The van der Waals surface area contributed by atoms with Crippen LogP contribution >= 0.6 is 11.3 Å². The number of nitrogens with zero attached hydrogens (tertiary/aromatic N) is 2. The van der Waals surface area contributed by atoms with Crippen molar-refractivity contribution < 1.29 is 14.1 Å². The van der Waals surface area contributed by atoms with Gasteiger partial charge in [0, 0.05) is 17.5 Å². The molecule has 1 atom stereocenters. The first-order chi connectivity index (χ1) is 10.6. The Balaban J connectivity index is 1.72. The maximum Gasteiger partial charge on any atom is 0.433 e. The summed E-state index contributed by atoms with van der Waals surface area (Å²) in [7, 11) is 0. The molecular weight excluding hydrogens is 304 g/mol. The molecular formula is C15H14N2O4S. The van der Waals surface area contributed by atoms with E-state index in [4.69, 9.17) is 4.42 Å². The van der Waals surface area contributed by atoms with Gasteiger partial charge in [-0.05, 0) is 42.5 Å². The molecule has 1 aliphatic rings. The minimum Gasteiger partial charge on any atom is -0.401 e. The van der Waals surface area contributed by atoms with Gasteiger partial charge in [-0.3, -0.25) is 14.9 Å². The van der Waals surface area contributed by atoms with Crippen molar-refractivity contribution in [2.45, 2.75) is 19.4 Å². The van der Waals surface area contributed by atoms with E-state index in [1.165, 1.54) is 34.7 Å². The Bertz CT molecular complexity index is 746. The third-order valence-corrected chi connectivity index (χ3v) is 4.74. The van der Waals surface area contributed by atoms with Crippen LogP contribution in [0.1, 0.15) is 29.2 Å². The molecule has 3 rings (SSSR count). The van der Waals surface area contributed by atoms with Gasteiger partial charge in [0.05, 0.1) is 12.1 Å². The second-order valence-electron chi connectivity index (χ2n) is 5.02. The fourth-order valence-corrected chi connectivity index (χ4v) is 3.55. The van der Waals surface area contributed by atoms with Gasteiger partial charge in [-0.15, -0.1) is 11.3 Å². The van der Waals surface area contributed by atoms with E-state index < -0.39 is 4.92 Å². The summed E-state index contributed by atoms with van der Waals surface area (Å²) in [6.07, 6.45) is 3.73. The Labute approximate surface area is 130 Å². The Hall–Kier alpha value is -2.41. The molecule has 1 amide bonds. The topological polar surface area (TPSA) is 76.6 Å². The second kappa shape index (κ2) is 5.76. The Morgan fingerprint density at radius 2 is 2.32 bits per heavy atom. The van der Waals surface area contributed by atoms with Crippen LogP contribution in [0.3, 0.4) is 0 Å². The van der Waals surface area contributed by atoms with Crippen LogP contribution < -0.4 is 0 Å². The standard InChI is InChI=1S/C15H14N2O4S/c1-10-12-7-9-22-13(12)6-8-16(10)14(18)4-2-11-3-5-15(21-11)17(19)20/h2-5,7,9-10H,6,8H2,1H3/b4-2+/t10-/m1/s1. The first-order valence-corrected chi connectivity index (χ1v) is 7.73. The number of rotatable bonds is 3. The van der Waals surface area contributed by atoms with Crippen molar-refractivity contribution in [1.82, 2.24) is 4.90 Å². The van der Waals surface area contributed by atoms with Crippen molar-refractivity contribution in [2.24, 2.45) is 0 Å². The highest BCUT2D eigenvalue weighted by molar-refractivity contribution is 7.10. The van der Waals surface area contributed by atoms with Gasteiger partial charge in [0.15, 0.2) is 0 Å². The summed E-state index contributed by atoms with van der Waals surface area (Å²) in [5, 5.41) is 12.6. The molecule has 0 N–H and O–H groups in total. The average Bonchev–Trinajstić information content (AvgIpc) is 3.14. The van der Waals surface area contributed by atoms with Crippen LogP contribution in [0.2, 0.25) is 0 Å². The molecule has 0 aliphatic carbocycles. The number of furan rings is 1. The summed E-state index contributed by atoms with van der Waals surface area (Å²) >= 11 is 1.72. The van der Waals surface area contributed by atoms with E-state index in [1.807, 2.05) is 12.3 Å². The normalized spacial score (nSPS) is 17.7. The van der Waals surface area contributed by atoms with Crippen LogP contribution in [-0.2, 0) is 11.2 Å². The first kappa shape index (κ1) is 14.5. The van der Waals surface area contributed by atoms with Gasteiger partial charge < -0.3 is 9.32 Å². The third-order valence-electron chi connectivity index (χ3n) is 3.74. The fourth-order valence-electron chi connectivity index (χ4n) is 2.59. The van der Waals surface area contributed by atoms with Crippen LogP contribution in [-0.4, -0.2) is 22.3 Å². The highest BCUT2D eigenvalue weighted by Gasteiger charge is 2.27. The smallest absolute Gasteiger partial charge is 0.401 e. The van der Waals surface area contributed by atoms with E-state index in [2.05, 4.69) is 6.07 Å². The van der Waals surface area contributed by atoms with Crippen LogP contribution in [0, 0.1) is 10.1 Å². The quantitative estimate of drug-likeness (QED) is 0.493. The highest BCUT2D eigenvalue weighted by Crippen LogP contribution is 2.32. The van der Waals surface area contributed by atoms with E-state index in [1.54, 1.807) is 16.2 Å².